The van der Waals surface area contributed by atoms with E-state index in [4.69, 9.17) is 0 Å². The summed E-state index contributed by atoms with van der Waals surface area (Å²) in [6.45, 7) is 4.81. The molecular formula is C13H11N5O. The van der Waals surface area contributed by atoms with E-state index >= 15 is 0 Å². The van der Waals surface area contributed by atoms with E-state index in [0.717, 1.165) is 22.5 Å². The van der Waals surface area contributed by atoms with Crippen LogP contribution in [0.5, 0.6) is 0 Å². The third-order valence-corrected chi connectivity index (χ3v) is 3.72. The average molecular weight is 253 g/mol. The van der Waals surface area contributed by atoms with Crippen LogP contribution in [0.4, 0.5) is 0 Å². The molecule has 1 unspecified atom stereocenters. The second-order valence-electron chi connectivity index (χ2n) is 4.81. The van der Waals surface area contributed by atoms with Gasteiger partial charge in [-0.25, -0.2) is 4.68 Å². The number of aromatic nitrogens is 4. The first-order valence-electron chi connectivity index (χ1n) is 6.08. The minimum atomic E-state index is -0.196. The number of fused-ring (bicyclic) bond motifs is 5. The number of hydrogen-bond donors (Lipinski definition) is 0. The van der Waals surface area contributed by atoms with Gasteiger partial charge >= 0.3 is 0 Å². The van der Waals surface area contributed by atoms with Gasteiger partial charge < -0.3 is 4.90 Å². The molecule has 0 aliphatic carbocycles. The van der Waals surface area contributed by atoms with Crippen LogP contribution < -0.4 is 0 Å². The Morgan fingerprint density at radius 2 is 2.11 bits per heavy atom. The Balaban J connectivity index is 1.99. The molecule has 2 aliphatic heterocycles. The number of benzene rings is 1. The molecule has 0 fully saturated rings. The fraction of sp³-hybridized carbons (Fsp3) is 0.231. The first kappa shape index (κ1) is 10.4. The third kappa shape index (κ3) is 1.31. The number of tetrazole rings is 1. The lowest BCUT2D eigenvalue weighted by Crippen LogP contribution is -2.46. The van der Waals surface area contributed by atoms with Gasteiger partial charge in [-0.15, -0.1) is 5.10 Å². The lowest BCUT2D eigenvalue weighted by Gasteiger charge is -2.39. The summed E-state index contributed by atoms with van der Waals surface area (Å²) in [5.74, 6) is 0.750. The molecule has 1 aromatic heterocycles. The molecular weight excluding hydrogens is 242 g/mol. The lowest BCUT2D eigenvalue weighted by molar-refractivity contribution is -0.135. The van der Waals surface area contributed by atoms with E-state index in [-0.39, 0.29) is 18.5 Å². The van der Waals surface area contributed by atoms with Crippen molar-refractivity contribution in [2.75, 3.05) is 6.54 Å². The van der Waals surface area contributed by atoms with Gasteiger partial charge in [0.05, 0.1) is 0 Å². The minimum Gasteiger partial charge on any atom is -0.322 e. The van der Waals surface area contributed by atoms with Crippen LogP contribution in [0.25, 0.3) is 5.57 Å². The quantitative estimate of drug-likeness (QED) is 0.691. The normalized spacial score (nSPS) is 20.8. The van der Waals surface area contributed by atoms with Crippen molar-refractivity contribution < 1.29 is 4.79 Å². The molecule has 0 saturated carbocycles. The molecule has 1 atom stereocenters. The number of nitrogens with zero attached hydrogens (tertiary/aromatic N) is 5. The highest BCUT2D eigenvalue weighted by molar-refractivity contribution is 5.83. The van der Waals surface area contributed by atoms with E-state index in [2.05, 4.69) is 22.1 Å². The SMILES string of the molecule is C=C1CN2C(=O)Cn3nnnc3C2c2ccccc21. The number of carbonyl (C=O) groups excluding carboxylic acids is 1. The zero-order chi connectivity index (χ0) is 13.0. The predicted molar refractivity (Wildman–Crippen MR) is 66.8 cm³/mol. The Morgan fingerprint density at radius 3 is 3.00 bits per heavy atom. The van der Waals surface area contributed by atoms with E-state index in [0.29, 0.717) is 6.54 Å². The van der Waals surface area contributed by atoms with Crippen molar-refractivity contribution in [1.82, 2.24) is 25.1 Å². The third-order valence-electron chi connectivity index (χ3n) is 3.72. The summed E-state index contributed by atoms with van der Waals surface area (Å²) in [4.78, 5) is 14.0. The number of rotatable bonds is 0. The van der Waals surface area contributed by atoms with Crippen molar-refractivity contribution in [3.63, 3.8) is 0 Å². The van der Waals surface area contributed by atoms with Crippen molar-refractivity contribution in [2.45, 2.75) is 12.6 Å². The number of carbonyl (C=O) groups is 1. The Morgan fingerprint density at radius 1 is 1.26 bits per heavy atom. The van der Waals surface area contributed by atoms with Gasteiger partial charge in [0.15, 0.2) is 5.82 Å². The molecule has 6 nitrogen and oxygen atoms in total. The molecule has 0 spiro atoms. The molecule has 0 radical (unpaired) electrons. The topological polar surface area (TPSA) is 63.9 Å². The highest BCUT2D eigenvalue weighted by Gasteiger charge is 2.40. The predicted octanol–water partition coefficient (Wildman–Crippen LogP) is 0.631. The molecule has 94 valence electrons. The Kier molecular flexibility index (Phi) is 1.92. The van der Waals surface area contributed by atoms with Crippen molar-refractivity contribution in [1.29, 1.82) is 0 Å². The molecule has 3 heterocycles. The van der Waals surface area contributed by atoms with Crippen LogP contribution in [0.1, 0.15) is 23.0 Å². The van der Waals surface area contributed by atoms with Crippen LogP contribution in [0.2, 0.25) is 0 Å². The largest absolute Gasteiger partial charge is 0.322 e. The standard InChI is InChI=1S/C13H11N5O/c1-8-6-17-11(19)7-18-13(14-15-16-18)12(17)10-5-3-2-4-9(8)10/h2-5,12H,1,6-7H2. The van der Waals surface area contributed by atoms with Crippen molar-refractivity contribution in [3.8, 4) is 0 Å². The fourth-order valence-electron chi connectivity index (χ4n) is 2.86. The van der Waals surface area contributed by atoms with E-state index < -0.39 is 0 Å². The summed E-state index contributed by atoms with van der Waals surface area (Å²) in [7, 11) is 0. The van der Waals surface area contributed by atoms with Crippen LogP contribution in [0.3, 0.4) is 0 Å². The maximum absolute atomic E-state index is 12.2. The first-order chi connectivity index (χ1) is 9.25. The van der Waals surface area contributed by atoms with Gasteiger partial charge in [0, 0.05) is 6.54 Å². The Labute approximate surface area is 109 Å². The molecule has 6 heteroatoms. The molecule has 0 N–H and O–H groups in total. The van der Waals surface area contributed by atoms with Crippen LogP contribution in [0.15, 0.2) is 30.8 Å². The molecule has 0 bridgehead atoms. The van der Waals surface area contributed by atoms with Crippen LogP contribution >= 0.6 is 0 Å². The summed E-state index contributed by atoms with van der Waals surface area (Å²) in [6, 6.07) is 7.78. The zero-order valence-electron chi connectivity index (χ0n) is 10.2. The fourth-order valence-corrected chi connectivity index (χ4v) is 2.86. The van der Waals surface area contributed by atoms with Gasteiger partial charge in [-0.3, -0.25) is 4.79 Å². The van der Waals surface area contributed by atoms with Crippen molar-refractivity contribution >= 4 is 11.5 Å². The molecule has 0 saturated heterocycles. The summed E-state index contributed by atoms with van der Waals surface area (Å²) < 4.78 is 1.58. The summed E-state index contributed by atoms with van der Waals surface area (Å²) >= 11 is 0. The van der Waals surface area contributed by atoms with Gasteiger partial charge in [0.2, 0.25) is 5.91 Å². The number of hydrogen-bond acceptors (Lipinski definition) is 4. The van der Waals surface area contributed by atoms with E-state index in [1.807, 2.05) is 24.3 Å². The summed E-state index contributed by atoms with van der Waals surface area (Å²) in [6.07, 6.45) is 0. The summed E-state index contributed by atoms with van der Waals surface area (Å²) in [5, 5.41) is 11.6. The lowest BCUT2D eigenvalue weighted by atomic mass is 9.88. The van der Waals surface area contributed by atoms with Crippen LogP contribution in [-0.4, -0.2) is 37.6 Å². The van der Waals surface area contributed by atoms with Gasteiger partial charge in [-0.05, 0) is 27.1 Å². The van der Waals surface area contributed by atoms with Crippen LogP contribution in [-0.2, 0) is 11.3 Å². The molecule has 4 rings (SSSR count). The second-order valence-corrected chi connectivity index (χ2v) is 4.81. The molecule has 1 aromatic carbocycles. The zero-order valence-corrected chi connectivity index (χ0v) is 10.2. The van der Waals surface area contributed by atoms with E-state index in [1.165, 1.54) is 0 Å². The molecule has 19 heavy (non-hydrogen) atoms. The monoisotopic (exact) mass is 253 g/mol. The minimum absolute atomic E-state index is 0.0282. The molecule has 2 aliphatic rings. The maximum Gasteiger partial charge on any atom is 0.245 e. The summed E-state index contributed by atoms with van der Waals surface area (Å²) in [5.41, 5.74) is 3.09. The van der Waals surface area contributed by atoms with Crippen LogP contribution in [0, 0.1) is 0 Å². The van der Waals surface area contributed by atoms with Crippen molar-refractivity contribution in [3.05, 3.63) is 47.8 Å². The second kappa shape index (κ2) is 3.50. The van der Waals surface area contributed by atoms with Gasteiger partial charge in [0.1, 0.15) is 12.6 Å². The van der Waals surface area contributed by atoms with Crippen molar-refractivity contribution in [2.24, 2.45) is 0 Å². The number of amides is 1. The Hall–Kier alpha value is -2.50. The van der Waals surface area contributed by atoms with Gasteiger partial charge in [-0.2, -0.15) is 0 Å². The Bertz CT molecular complexity index is 705. The van der Waals surface area contributed by atoms with Gasteiger partial charge in [-0.1, -0.05) is 30.8 Å². The van der Waals surface area contributed by atoms with Gasteiger partial charge in [0.25, 0.3) is 0 Å². The smallest absolute Gasteiger partial charge is 0.245 e. The first-order valence-corrected chi connectivity index (χ1v) is 6.08. The van der Waals surface area contributed by atoms with E-state index in [9.17, 15) is 4.79 Å². The average Bonchev–Trinajstić information content (AvgIpc) is 2.87. The highest BCUT2D eigenvalue weighted by atomic mass is 16.2. The molecule has 1 amide bonds. The van der Waals surface area contributed by atoms with E-state index in [1.54, 1.807) is 9.58 Å². The molecule has 2 aromatic rings. The maximum atomic E-state index is 12.2. The highest BCUT2D eigenvalue weighted by Crippen LogP contribution is 2.39.